The molecule has 1 unspecified atom stereocenters. The number of hydrogen-bond donors (Lipinski definition) is 0. The van der Waals surface area contributed by atoms with Gasteiger partial charge in [0.2, 0.25) is 0 Å². The number of non-ortho nitro benzene ring substituents is 1. The summed E-state index contributed by atoms with van der Waals surface area (Å²) < 4.78 is 5.36. The van der Waals surface area contributed by atoms with Gasteiger partial charge in [-0.25, -0.2) is 4.79 Å². The molecule has 1 aromatic carbocycles. The summed E-state index contributed by atoms with van der Waals surface area (Å²) in [6.07, 6.45) is 0.502. The highest BCUT2D eigenvalue weighted by Gasteiger charge is 2.70. The fourth-order valence-electron chi connectivity index (χ4n) is 3.70. The first-order valence-corrected chi connectivity index (χ1v) is 7.88. The topological polar surface area (TPSA) is 89.8 Å². The Labute approximate surface area is 139 Å². The standard InChI is InChI=1S/C17H20N2O5/c1-16(2,3)24-15(21)18-8-13-14(9-18)17(13,10-20)11-5-4-6-12(7-11)19(22)23/h4-7,10,13-14H,8-9H2,1-3H3/t13-,14+,17?. The van der Waals surface area contributed by atoms with Crippen LogP contribution < -0.4 is 0 Å². The van der Waals surface area contributed by atoms with Crippen LogP contribution in [0.2, 0.25) is 0 Å². The van der Waals surface area contributed by atoms with Crippen LogP contribution in [0.15, 0.2) is 24.3 Å². The van der Waals surface area contributed by atoms with Crippen molar-refractivity contribution in [1.82, 2.24) is 4.90 Å². The van der Waals surface area contributed by atoms with E-state index in [1.807, 2.05) is 0 Å². The van der Waals surface area contributed by atoms with Gasteiger partial charge in [0, 0.05) is 25.2 Å². The van der Waals surface area contributed by atoms with E-state index in [-0.39, 0.29) is 23.6 Å². The number of hydrogen-bond acceptors (Lipinski definition) is 5. The first kappa shape index (κ1) is 16.4. The summed E-state index contributed by atoms with van der Waals surface area (Å²) in [6, 6.07) is 6.22. The van der Waals surface area contributed by atoms with E-state index in [0.717, 1.165) is 6.29 Å². The lowest BCUT2D eigenvalue weighted by atomic mass is 9.91. The number of piperidine rings is 1. The Kier molecular flexibility index (Phi) is 3.62. The highest BCUT2D eigenvalue weighted by Crippen LogP contribution is 2.62. The van der Waals surface area contributed by atoms with Crippen LogP contribution in [-0.4, -0.2) is 40.9 Å². The number of aldehydes is 1. The molecule has 24 heavy (non-hydrogen) atoms. The lowest BCUT2D eigenvalue weighted by Crippen LogP contribution is -2.39. The van der Waals surface area contributed by atoms with Gasteiger partial charge in [0.1, 0.15) is 11.9 Å². The van der Waals surface area contributed by atoms with E-state index in [9.17, 15) is 19.7 Å². The van der Waals surface area contributed by atoms with Gasteiger partial charge in [0.25, 0.3) is 5.69 Å². The van der Waals surface area contributed by atoms with Crippen LogP contribution in [0, 0.1) is 22.0 Å². The maximum Gasteiger partial charge on any atom is 0.410 e. The van der Waals surface area contributed by atoms with Gasteiger partial charge < -0.3 is 14.4 Å². The molecule has 1 aliphatic heterocycles. The number of fused-ring (bicyclic) bond motifs is 1. The third-order valence-electron chi connectivity index (χ3n) is 4.84. The third kappa shape index (κ3) is 2.53. The quantitative estimate of drug-likeness (QED) is 0.482. The number of carbonyl (C=O) groups is 2. The molecule has 1 aromatic rings. The molecule has 128 valence electrons. The molecule has 0 spiro atoms. The normalized spacial score (nSPS) is 28.2. The zero-order chi connectivity index (χ0) is 17.7. The van der Waals surface area contributed by atoms with Crippen molar-refractivity contribution in [2.75, 3.05) is 13.1 Å². The van der Waals surface area contributed by atoms with Crippen LogP contribution in [0.25, 0.3) is 0 Å². The predicted molar refractivity (Wildman–Crippen MR) is 85.6 cm³/mol. The molecule has 0 aromatic heterocycles. The van der Waals surface area contributed by atoms with Crippen LogP contribution in [-0.2, 0) is 14.9 Å². The van der Waals surface area contributed by atoms with E-state index in [1.165, 1.54) is 12.1 Å². The van der Waals surface area contributed by atoms with E-state index in [2.05, 4.69) is 0 Å². The lowest BCUT2D eigenvalue weighted by Gasteiger charge is -2.27. The smallest absolute Gasteiger partial charge is 0.410 e. The number of ether oxygens (including phenoxy) is 1. The van der Waals surface area contributed by atoms with E-state index in [0.29, 0.717) is 18.7 Å². The predicted octanol–water partition coefficient (Wildman–Crippen LogP) is 2.53. The molecular formula is C17H20N2O5. The van der Waals surface area contributed by atoms with Gasteiger partial charge in [-0.05, 0) is 38.2 Å². The molecule has 1 amide bonds. The van der Waals surface area contributed by atoms with Crippen LogP contribution in [0.3, 0.4) is 0 Å². The van der Waals surface area contributed by atoms with Gasteiger partial charge >= 0.3 is 6.09 Å². The minimum atomic E-state index is -0.718. The summed E-state index contributed by atoms with van der Waals surface area (Å²) in [7, 11) is 0. The first-order chi connectivity index (χ1) is 11.2. The van der Waals surface area contributed by atoms with Crippen LogP contribution in [0.4, 0.5) is 10.5 Å². The van der Waals surface area contributed by atoms with Crippen molar-refractivity contribution in [2.24, 2.45) is 11.8 Å². The summed E-state index contributed by atoms with van der Waals surface area (Å²) >= 11 is 0. The molecular weight excluding hydrogens is 312 g/mol. The summed E-state index contributed by atoms with van der Waals surface area (Å²) in [4.78, 5) is 36.0. The van der Waals surface area contributed by atoms with Crippen molar-refractivity contribution in [2.45, 2.75) is 31.8 Å². The second-order valence-corrected chi connectivity index (χ2v) is 7.46. The molecule has 3 rings (SSSR count). The molecule has 2 aliphatic rings. The number of amides is 1. The molecule has 0 bridgehead atoms. The van der Waals surface area contributed by atoms with Crippen molar-refractivity contribution in [1.29, 1.82) is 0 Å². The Balaban J connectivity index is 1.76. The Hall–Kier alpha value is -2.44. The summed E-state index contributed by atoms with van der Waals surface area (Å²) in [6.45, 7) is 6.28. The van der Waals surface area contributed by atoms with Gasteiger partial charge in [0.05, 0.1) is 10.3 Å². The highest BCUT2D eigenvalue weighted by molar-refractivity contribution is 5.79. The number of rotatable bonds is 3. The Morgan fingerprint density at radius 2 is 2.00 bits per heavy atom. The Morgan fingerprint density at radius 1 is 1.38 bits per heavy atom. The van der Waals surface area contributed by atoms with Crippen molar-refractivity contribution in [3.8, 4) is 0 Å². The Bertz CT molecular complexity index is 697. The molecule has 7 nitrogen and oxygen atoms in total. The Morgan fingerprint density at radius 3 is 2.50 bits per heavy atom. The van der Waals surface area contributed by atoms with Crippen LogP contribution in [0.1, 0.15) is 26.3 Å². The second-order valence-electron chi connectivity index (χ2n) is 7.46. The molecule has 3 atom stereocenters. The van der Waals surface area contributed by atoms with Gasteiger partial charge in [-0.1, -0.05) is 12.1 Å². The average Bonchev–Trinajstić information content (AvgIpc) is 2.87. The molecule has 1 heterocycles. The van der Waals surface area contributed by atoms with Gasteiger partial charge in [-0.3, -0.25) is 10.1 Å². The maximum atomic E-state index is 12.1. The number of nitrogens with zero attached hydrogens (tertiary/aromatic N) is 2. The van der Waals surface area contributed by atoms with E-state index in [4.69, 9.17) is 4.74 Å². The SMILES string of the molecule is CC(C)(C)OC(=O)N1C[C@@H]2[C@H](C1)C2(C=O)c1cccc([N+](=O)[O-])c1. The second kappa shape index (κ2) is 5.29. The maximum absolute atomic E-state index is 12.1. The molecule has 1 saturated heterocycles. The number of likely N-dealkylation sites (tertiary alicyclic amines) is 1. The van der Waals surface area contributed by atoms with Crippen molar-refractivity contribution in [3.05, 3.63) is 39.9 Å². The fraction of sp³-hybridized carbons (Fsp3) is 0.529. The zero-order valence-electron chi connectivity index (χ0n) is 13.9. The monoisotopic (exact) mass is 332 g/mol. The van der Waals surface area contributed by atoms with Gasteiger partial charge in [-0.15, -0.1) is 0 Å². The van der Waals surface area contributed by atoms with Crippen molar-refractivity contribution >= 4 is 18.1 Å². The number of carbonyl (C=O) groups excluding carboxylic acids is 2. The average molecular weight is 332 g/mol. The number of benzene rings is 1. The van der Waals surface area contributed by atoms with Gasteiger partial charge in [0.15, 0.2) is 0 Å². The van der Waals surface area contributed by atoms with Crippen molar-refractivity contribution in [3.63, 3.8) is 0 Å². The number of nitro groups is 1. The molecule has 1 saturated carbocycles. The minimum Gasteiger partial charge on any atom is -0.444 e. The minimum absolute atomic E-state index is 0.00970. The third-order valence-corrected chi connectivity index (χ3v) is 4.84. The van der Waals surface area contributed by atoms with E-state index < -0.39 is 15.9 Å². The largest absolute Gasteiger partial charge is 0.444 e. The molecule has 1 aliphatic carbocycles. The number of nitro benzene ring substituents is 1. The van der Waals surface area contributed by atoms with Gasteiger partial charge in [-0.2, -0.15) is 0 Å². The zero-order valence-corrected chi connectivity index (χ0v) is 13.9. The summed E-state index contributed by atoms with van der Waals surface area (Å²) in [5, 5.41) is 11.0. The fourth-order valence-corrected chi connectivity index (χ4v) is 3.70. The van der Waals surface area contributed by atoms with Crippen molar-refractivity contribution < 1.29 is 19.2 Å². The van der Waals surface area contributed by atoms with E-state index in [1.54, 1.807) is 37.8 Å². The van der Waals surface area contributed by atoms with Crippen LogP contribution >= 0.6 is 0 Å². The lowest BCUT2D eigenvalue weighted by molar-refractivity contribution is -0.384. The summed E-state index contributed by atoms with van der Waals surface area (Å²) in [5.41, 5.74) is -0.649. The first-order valence-electron chi connectivity index (χ1n) is 7.88. The van der Waals surface area contributed by atoms with Crippen LogP contribution in [0.5, 0.6) is 0 Å². The summed E-state index contributed by atoms with van der Waals surface area (Å²) in [5.74, 6) is -0.0194. The highest BCUT2D eigenvalue weighted by atomic mass is 16.6. The molecule has 0 N–H and O–H groups in total. The molecule has 2 fully saturated rings. The molecule has 7 heteroatoms. The molecule has 0 radical (unpaired) electrons. The van der Waals surface area contributed by atoms with E-state index >= 15 is 0 Å².